The first-order valence-corrected chi connectivity index (χ1v) is 6.85. The molecule has 1 atom stereocenters. The lowest BCUT2D eigenvalue weighted by Gasteiger charge is -2.14. The van der Waals surface area contributed by atoms with Crippen LogP contribution in [0.1, 0.15) is 32.4 Å². The zero-order valence-corrected chi connectivity index (χ0v) is 12.1. The molecule has 0 saturated heterocycles. The summed E-state index contributed by atoms with van der Waals surface area (Å²) in [7, 11) is 1.98. The molecule has 0 amide bonds. The molecule has 0 radical (unpaired) electrons. The van der Waals surface area contributed by atoms with Gasteiger partial charge in [-0.05, 0) is 31.7 Å². The van der Waals surface area contributed by atoms with Crippen LogP contribution < -0.4 is 5.32 Å². The third-order valence-electron chi connectivity index (χ3n) is 2.24. The molecule has 15 heavy (non-hydrogen) atoms. The minimum absolute atomic E-state index is 0.387. The zero-order valence-electron chi connectivity index (χ0n) is 9.67. The molecule has 3 heteroatoms. The third kappa shape index (κ3) is 3.82. The first-order valence-electron chi connectivity index (χ1n) is 5.18. The van der Waals surface area contributed by atoms with Gasteiger partial charge < -0.3 is 5.32 Å². The van der Waals surface area contributed by atoms with Crippen molar-refractivity contribution in [2.75, 3.05) is 7.05 Å². The fraction of sp³-hybridized carbons (Fsp3) is 0.500. The minimum Gasteiger partial charge on any atom is -0.313 e. The maximum atomic E-state index is 3.63. The monoisotopic (exact) mass is 287 g/mol. The Morgan fingerprint density at radius 3 is 2.40 bits per heavy atom. The quantitative estimate of drug-likeness (QED) is 0.832. The summed E-state index contributed by atoms with van der Waals surface area (Å²) >= 11 is 5.52. The molecule has 84 valence electrons. The van der Waals surface area contributed by atoms with Crippen molar-refractivity contribution in [3.05, 3.63) is 28.2 Å². The Balaban J connectivity index is 2.88. The fourth-order valence-electron chi connectivity index (χ4n) is 1.36. The van der Waals surface area contributed by atoms with Crippen LogP contribution in [0.3, 0.4) is 0 Å². The van der Waals surface area contributed by atoms with Gasteiger partial charge in [-0.15, -0.1) is 11.8 Å². The fourth-order valence-corrected chi connectivity index (χ4v) is 3.11. The summed E-state index contributed by atoms with van der Waals surface area (Å²) in [6.45, 7) is 6.58. The summed E-state index contributed by atoms with van der Waals surface area (Å²) in [4.78, 5) is 1.32. The van der Waals surface area contributed by atoms with Gasteiger partial charge in [0.1, 0.15) is 0 Å². The Hall–Kier alpha value is 0.01000. The Morgan fingerprint density at radius 1 is 1.27 bits per heavy atom. The van der Waals surface area contributed by atoms with Gasteiger partial charge in [0.05, 0.1) is 0 Å². The smallest absolute Gasteiger partial charge is 0.0300 e. The molecular weight excluding hydrogens is 270 g/mol. The summed E-state index contributed by atoms with van der Waals surface area (Å²) in [5, 5.41) is 3.87. The lowest BCUT2D eigenvalue weighted by Crippen LogP contribution is -2.12. The highest BCUT2D eigenvalue weighted by molar-refractivity contribution is 9.10. The summed E-state index contributed by atoms with van der Waals surface area (Å²) in [5.41, 5.74) is 1.31. The number of rotatable bonds is 4. The Morgan fingerprint density at radius 2 is 1.93 bits per heavy atom. The molecule has 0 fully saturated rings. The second-order valence-corrected chi connectivity index (χ2v) is 6.36. The zero-order chi connectivity index (χ0) is 11.4. The summed E-state index contributed by atoms with van der Waals surface area (Å²) in [5.74, 6) is 0. The van der Waals surface area contributed by atoms with Crippen LogP contribution in [0, 0.1) is 0 Å². The molecule has 1 N–H and O–H groups in total. The lowest BCUT2D eigenvalue weighted by atomic mass is 10.1. The second-order valence-electron chi connectivity index (χ2n) is 3.86. The standard InChI is InChI=1S/C12H18BrNS/c1-8(2)15-10-5-6-11(9(3)14-4)12(13)7-10/h5-9,14H,1-4H3. The van der Waals surface area contributed by atoms with Crippen molar-refractivity contribution in [1.29, 1.82) is 0 Å². The molecule has 1 unspecified atom stereocenters. The second kappa shape index (κ2) is 5.92. The van der Waals surface area contributed by atoms with Gasteiger partial charge in [-0.1, -0.05) is 35.8 Å². The number of benzene rings is 1. The molecular formula is C12H18BrNS. The van der Waals surface area contributed by atoms with E-state index in [0.29, 0.717) is 11.3 Å². The van der Waals surface area contributed by atoms with Crippen LogP contribution >= 0.6 is 27.7 Å². The summed E-state index contributed by atoms with van der Waals surface area (Å²) in [6, 6.07) is 6.97. The van der Waals surface area contributed by atoms with Crippen LogP contribution in [0.2, 0.25) is 0 Å². The molecule has 1 rings (SSSR count). The van der Waals surface area contributed by atoms with Gasteiger partial charge in [-0.3, -0.25) is 0 Å². The molecule has 0 aromatic heterocycles. The molecule has 1 aromatic rings. The number of hydrogen-bond acceptors (Lipinski definition) is 2. The molecule has 0 aliphatic rings. The Kier molecular flexibility index (Phi) is 5.16. The van der Waals surface area contributed by atoms with Gasteiger partial charge in [0, 0.05) is 20.7 Å². The first-order chi connectivity index (χ1) is 7.04. The van der Waals surface area contributed by atoms with E-state index in [1.807, 2.05) is 18.8 Å². The Labute approximate surface area is 105 Å². The van der Waals surface area contributed by atoms with Crippen molar-refractivity contribution < 1.29 is 0 Å². The maximum absolute atomic E-state index is 3.63. The first kappa shape index (κ1) is 13.1. The van der Waals surface area contributed by atoms with Gasteiger partial charge in [-0.25, -0.2) is 0 Å². The van der Waals surface area contributed by atoms with E-state index in [0.717, 1.165) is 0 Å². The van der Waals surface area contributed by atoms with Crippen molar-refractivity contribution in [2.24, 2.45) is 0 Å². The van der Waals surface area contributed by atoms with Gasteiger partial charge >= 0.3 is 0 Å². The molecule has 1 aromatic carbocycles. The highest BCUT2D eigenvalue weighted by Gasteiger charge is 2.08. The molecule has 0 spiro atoms. The predicted octanol–water partition coefficient (Wildman–Crippen LogP) is 4.23. The van der Waals surface area contributed by atoms with Gasteiger partial charge in [0.15, 0.2) is 0 Å². The van der Waals surface area contributed by atoms with E-state index in [9.17, 15) is 0 Å². The van der Waals surface area contributed by atoms with E-state index >= 15 is 0 Å². The normalized spacial score (nSPS) is 13.2. The molecule has 0 bridgehead atoms. The van der Waals surface area contributed by atoms with Crippen LogP contribution in [0.25, 0.3) is 0 Å². The average molecular weight is 288 g/mol. The number of thioether (sulfide) groups is 1. The van der Waals surface area contributed by atoms with Crippen LogP contribution in [0.15, 0.2) is 27.6 Å². The number of halogens is 1. The lowest BCUT2D eigenvalue weighted by molar-refractivity contribution is 0.649. The molecule has 0 heterocycles. The average Bonchev–Trinajstić information content (AvgIpc) is 2.16. The molecule has 0 aliphatic heterocycles. The highest BCUT2D eigenvalue weighted by Crippen LogP contribution is 2.30. The summed E-state index contributed by atoms with van der Waals surface area (Å²) < 4.78 is 1.19. The third-order valence-corrected chi connectivity index (χ3v) is 3.93. The van der Waals surface area contributed by atoms with Crippen LogP contribution in [0.5, 0.6) is 0 Å². The van der Waals surface area contributed by atoms with Crippen molar-refractivity contribution >= 4 is 27.7 Å². The van der Waals surface area contributed by atoms with E-state index in [1.54, 1.807) is 0 Å². The van der Waals surface area contributed by atoms with Crippen molar-refractivity contribution in [2.45, 2.75) is 37.0 Å². The van der Waals surface area contributed by atoms with E-state index in [1.165, 1.54) is 14.9 Å². The van der Waals surface area contributed by atoms with Crippen molar-refractivity contribution in [1.82, 2.24) is 5.32 Å². The van der Waals surface area contributed by atoms with Gasteiger partial charge in [0.2, 0.25) is 0 Å². The van der Waals surface area contributed by atoms with Crippen LogP contribution in [-0.2, 0) is 0 Å². The van der Waals surface area contributed by atoms with Gasteiger partial charge in [0.25, 0.3) is 0 Å². The minimum atomic E-state index is 0.387. The van der Waals surface area contributed by atoms with Crippen LogP contribution in [0.4, 0.5) is 0 Å². The van der Waals surface area contributed by atoms with E-state index in [2.05, 4.69) is 60.2 Å². The molecule has 1 nitrogen and oxygen atoms in total. The largest absolute Gasteiger partial charge is 0.313 e. The topological polar surface area (TPSA) is 12.0 Å². The van der Waals surface area contributed by atoms with Crippen molar-refractivity contribution in [3.63, 3.8) is 0 Å². The number of hydrogen-bond donors (Lipinski definition) is 1. The van der Waals surface area contributed by atoms with E-state index in [4.69, 9.17) is 0 Å². The Bertz CT molecular complexity index is 325. The van der Waals surface area contributed by atoms with E-state index < -0.39 is 0 Å². The predicted molar refractivity (Wildman–Crippen MR) is 72.6 cm³/mol. The van der Waals surface area contributed by atoms with Crippen molar-refractivity contribution in [3.8, 4) is 0 Å². The van der Waals surface area contributed by atoms with Gasteiger partial charge in [-0.2, -0.15) is 0 Å². The highest BCUT2D eigenvalue weighted by atomic mass is 79.9. The SMILES string of the molecule is CNC(C)c1ccc(SC(C)C)cc1Br. The number of nitrogens with one attached hydrogen (secondary N) is 1. The molecule has 0 aliphatic carbocycles. The van der Waals surface area contributed by atoms with Crippen LogP contribution in [-0.4, -0.2) is 12.3 Å². The molecule has 0 saturated carbocycles. The van der Waals surface area contributed by atoms with E-state index in [-0.39, 0.29) is 0 Å². The maximum Gasteiger partial charge on any atom is 0.0300 e. The summed E-state index contributed by atoms with van der Waals surface area (Å²) in [6.07, 6.45) is 0.